The van der Waals surface area contributed by atoms with Crippen LogP contribution in [0.3, 0.4) is 0 Å². The van der Waals surface area contributed by atoms with Crippen molar-refractivity contribution in [2.24, 2.45) is 5.92 Å². The maximum Gasteiger partial charge on any atom is 0.310 e. The molecule has 100 valence electrons. The minimum atomic E-state index is -0.680. The summed E-state index contributed by atoms with van der Waals surface area (Å²) in [5, 5.41) is 0. The maximum absolute atomic E-state index is 12.5. The average Bonchev–Trinajstić information content (AvgIpc) is 3.10. The summed E-state index contributed by atoms with van der Waals surface area (Å²) in [6.07, 6.45) is 0.554. The Morgan fingerprint density at radius 2 is 2.32 bits per heavy atom. The summed E-state index contributed by atoms with van der Waals surface area (Å²) in [7, 11) is 1.75. The normalized spacial score (nSPS) is 27.6. The number of likely N-dealkylation sites (N-methyl/N-ethyl adjacent to an activating group) is 1. The molecule has 2 aliphatic rings. The van der Waals surface area contributed by atoms with Crippen molar-refractivity contribution in [2.75, 3.05) is 18.6 Å². The molecule has 5 heteroatoms. The molecule has 2 atom stereocenters. The van der Waals surface area contributed by atoms with Crippen LogP contribution >= 0.6 is 15.9 Å². The molecule has 19 heavy (non-hydrogen) atoms. The smallest absolute Gasteiger partial charge is 0.310 e. The molecule has 0 saturated heterocycles. The molecule has 1 spiro atoms. The highest BCUT2D eigenvalue weighted by Crippen LogP contribution is 2.62. The average molecular weight is 324 g/mol. The lowest BCUT2D eigenvalue weighted by Crippen LogP contribution is -2.31. The number of carbonyl (C=O) groups is 2. The number of esters is 1. The fourth-order valence-corrected chi connectivity index (χ4v) is 3.37. The van der Waals surface area contributed by atoms with E-state index in [0.29, 0.717) is 13.0 Å². The molecule has 0 aromatic heterocycles. The number of fused-ring (bicyclic) bond motifs is 2. The molecule has 3 rings (SSSR count). The van der Waals surface area contributed by atoms with Gasteiger partial charge in [-0.15, -0.1) is 0 Å². The molecule has 1 aliphatic carbocycles. The number of halogens is 1. The SMILES string of the molecule is CCOC(=O)[C@H]1C[C@]12C(=O)N(C)c1ccc(Br)cc12. The fourth-order valence-electron chi connectivity index (χ4n) is 3.01. The Bertz CT molecular complexity index is 586. The van der Waals surface area contributed by atoms with Crippen LogP contribution in [0.2, 0.25) is 0 Å². The highest BCUT2D eigenvalue weighted by molar-refractivity contribution is 9.10. The Hall–Kier alpha value is -1.36. The number of carbonyl (C=O) groups excluding carboxylic acids is 2. The Kier molecular flexibility index (Phi) is 2.71. The number of amides is 1. The molecule has 4 nitrogen and oxygen atoms in total. The van der Waals surface area contributed by atoms with Crippen LogP contribution < -0.4 is 4.90 Å². The van der Waals surface area contributed by atoms with E-state index in [4.69, 9.17) is 4.74 Å². The zero-order chi connectivity index (χ0) is 13.8. The molecule has 1 amide bonds. The Labute approximate surface area is 119 Å². The number of ether oxygens (including phenoxy) is 1. The fraction of sp³-hybridized carbons (Fsp3) is 0.429. The summed E-state index contributed by atoms with van der Waals surface area (Å²) in [5.41, 5.74) is 1.15. The molecule has 0 bridgehead atoms. The molecule has 1 aliphatic heterocycles. The van der Waals surface area contributed by atoms with E-state index < -0.39 is 5.41 Å². The number of hydrogen-bond acceptors (Lipinski definition) is 3. The second-order valence-corrected chi connectivity index (χ2v) is 5.92. The number of nitrogens with zero attached hydrogens (tertiary/aromatic N) is 1. The third-order valence-electron chi connectivity index (χ3n) is 4.02. The van der Waals surface area contributed by atoms with Gasteiger partial charge < -0.3 is 9.64 Å². The van der Waals surface area contributed by atoms with E-state index in [0.717, 1.165) is 15.7 Å². The van der Waals surface area contributed by atoms with Crippen molar-refractivity contribution in [2.45, 2.75) is 18.8 Å². The van der Waals surface area contributed by atoms with Crippen LogP contribution in [-0.2, 0) is 19.7 Å². The van der Waals surface area contributed by atoms with Crippen LogP contribution in [0.1, 0.15) is 18.9 Å². The summed E-state index contributed by atoms with van der Waals surface area (Å²) in [4.78, 5) is 26.0. The third kappa shape index (κ3) is 1.57. The number of rotatable bonds is 2. The predicted molar refractivity (Wildman–Crippen MR) is 74.0 cm³/mol. The molecular formula is C14H14BrNO3. The van der Waals surface area contributed by atoms with E-state index in [1.165, 1.54) is 0 Å². The first-order valence-electron chi connectivity index (χ1n) is 6.27. The quantitative estimate of drug-likeness (QED) is 0.784. The first-order valence-corrected chi connectivity index (χ1v) is 7.06. The molecule has 1 fully saturated rings. The van der Waals surface area contributed by atoms with Crippen molar-refractivity contribution in [1.29, 1.82) is 0 Å². The van der Waals surface area contributed by atoms with Crippen LogP contribution in [0.25, 0.3) is 0 Å². The van der Waals surface area contributed by atoms with E-state index >= 15 is 0 Å². The van der Waals surface area contributed by atoms with Crippen LogP contribution in [0.4, 0.5) is 5.69 Å². The van der Waals surface area contributed by atoms with Gasteiger partial charge in [0, 0.05) is 17.2 Å². The number of hydrogen-bond donors (Lipinski definition) is 0. The molecule has 0 radical (unpaired) electrons. The number of anilines is 1. The molecule has 1 saturated carbocycles. The summed E-state index contributed by atoms with van der Waals surface area (Å²) in [6, 6.07) is 5.76. The van der Waals surface area contributed by atoms with Crippen molar-refractivity contribution in [3.63, 3.8) is 0 Å². The van der Waals surface area contributed by atoms with Gasteiger partial charge >= 0.3 is 5.97 Å². The summed E-state index contributed by atoms with van der Waals surface area (Å²) < 4.78 is 5.98. The summed E-state index contributed by atoms with van der Waals surface area (Å²) >= 11 is 3.43. The van der Waals surface area contributed by atoms with E-state index in [1.807, 2.05) is 18.2 Å². The topological polar surface area (TPSA) is 46.6 Å². The Morgan fingerprint density at radius 1 is 1.58 bits per heavy atom. The van der Waals surface area contributed by atoms with Crippen molar-refractivity contribution in [3.8, 4) is 0 Å². The van der Waals surface area contributed by atoms with Crippen molar-refractivity contribution < 1.29 is 14.3 Å². The summed E-state index contributed by atoms with van der Waals surface area (Å²) in [6.45, 7) is 2.13. The lowest BCUT2D eigenvalue weighted by atomic mass is 9.95. The molecule has 1 aromatic rings. The van der Waals surface area contributed by atoms with E-state index in [-0.39, 0.29) is 17.8 Å². The van der Waals surface area contributed by atoms with Gasteiger partial charge in [-0.2, -0.15) is 0 Å². The third-order valence-corrected chi connectivity index (χ3v) is 4.51. The molecule has 0 N–H and O–H groups in total. The molecular weight excluding hydrogens is 310 g/mol. The standard InChI is InChI=1S/C14H14BrNO3/c1-3-19-12(17)10-7-14(10)9-6-8(15)4-5-11(9)16(2)13(14)18/h4-6,10H,3,7H2,1-2H3/t10-,14-/m1/s1. The second kappa shape index (κ2) is 4.07. The highest BCUT2D eigenvalue weighted by atomic mass is 79.9. The van der Waals surface area contributed by atoms with Gasteiger partial charge in [0.15, 0.2) is 0 Å². The monoisotopic (exact) mass is 323 g/mol. The largest absolute Gasteiger partial charge is 0.466 e. The van der Waals surface area contributed by atoms with Crippen LogP contribution in [-0.4, -0.2) is 25.5 Å². The van der Waals surface area contributed by atoms with E-state index in [9.17, 15) is 9.59 Å². The molecule has 1 aromatic carbocycles. The van der Waals surface area contributed by atoms with Crippen LogP contribution in [0.5, 0.6) is 0 Å². The lowest BCUT2D eigenvalue weighted by molar-refractivity contribution is -0.146. The summed E-state index contributed by atoms with van der Waals surface area (Å²) in [5.74, 6) is -0.603. The lowest BCUT2D eigenvalue weighted by Gasteiger charge is -2.10. The first kappa shape index (κ1) is 12.7. The van der Waals surface area contributed by atoms with Gasteiger partial charge in [0.25, 0.3) is 0 Å². The van der Waals surface area contributed by atoms with E-state index in [2.05, 4.69) is 15.9 Å². The molecule has 1 heterocycles. The minimum Gasteiger partial charge on any atom is -0.466 e. The van der Waals surface area contributed by atoms with Crippen LogP contribution in [0, 0.1) is 5.92 Å². The first-order chi connectivity index (χ1) is 9.02. The zero-order valence-corrected chi connectivity index (χ0v) is 12.4. The second-order valence-electron chi connectivity index (χ2n) is 5.01. The maximum atomic E-state index is 12.5. The Balaban J connectivity index is 2.04. The van der Waals surface area contributed by atoms with Crippen molar-refractivity contribution in [3.05, 3.63) is 28.2 Å². The van der Waals surface area contributed by atoms with Crippen LogP contribution in [0.15, 0.2) is 22.7 Å². The minimum absolute atomic E-state index is 0.00125. The van der Waals surface area contributed by atoms with Crippen molar-refractivity contribution in [1.82, 2.24) is 0 Å². The van der Waals surface area contributed by atoms with Gasteiger partial charge in [0.2, 0.25) is 5.91 Å². The zero-order valence-electron chi connectivity index (χ0n) is 10.8. The van der Waals surface area contributed by atoms with Gasteiger partial charge in [-0.05, 0) is 37.1 Å². The highest BCUT2D eigenvalue weighted by Gasteiger charge is 2.69. The van der Waals surface area contributed by atoms with Gasteiger partial charge in [-0.25, -0.2) is 0 Å². The molecule has 0 unspecified atom stereocenters. The Morgan fingerprint density at radius 3 is 3.00 bits per heavy atom. The van der Waals surface area contributed by atoms with Crippen molar-refractivity contribution >= 4 is 33.5 Å². The number of benzene rings is 1. The predicted octanol–water partition coefficient (Wildman–Crippen LogP) is 2.25. The van der Waals surface area contributed by atoms with Gasteiger partial charge in [-0.3, -0.25) is 9.59 Å². The van der Waals surface area contributed by atoms with Gasteiger partial charge in [-0.1, -0.05) is 15.9 Å². The van der Waals surface area contributed by atoms with E-state index in [1.54, 1.807) is 18.9 Å². The van der Waals surface area contributed by atoms with Gasteiger partial charge in [0.05, 0.1) is 17.9 Å². The van der Waals surface area contributed by atoms with Gasteiger partial charge in [0.1, 0.15) is 0 Å².